The second-order valence-electron chi connectivity index (χ2n) is 7.23. The first-order valence-corrected chi connectivity index (χ1v) is 10.2. The van der Waals surface area contributed by atoms with Crippen molar-refractivity contribution in [2.45, 2.75) is 25.3 Å². The number of amides is 1. The van der Waals surface area contributed by atoms with E-state index in [-0.39, 0.29) is 24.5 Å². The van der Waals surface area contributed by atoms with Crippen molar-refractivity contribution >= 4 is 17.7 Å². The van der Waals surface area contributed by atoms with Gasteiger partial charge in [-0.15, -0.1) is 0 Å². The first-order chi connectivity index (χ1) is 15.1. The maximum atomic E-state index is 12.5. The predicted octanol–water partition coefficient (Wildman–Crippen LogP) is 3.75. The van der Waals surface area contributed by atoms with Crippen LogP contribution in [0.1, 0.15) is 33.5 Å². The summed E-state index contributed by atoms with van der Waals surface area (Å²) in [6, 6.07) is 25.0. The monoisotopic (exact) mass is 415 g/mol. The first-order valence-electron chi connectivity index (χ1n) is 10.2. The Labute approximate surface area is 182 Å². The molecule has 0 saturated heterocycles. The summed E-state index contributed by atoms with van der Waals surface area (Å²) in [6.45, 7) is 0. The number of ketones is 1. The van der Waals surface area contributed by atoms with Gasteiger partial charge in [-0.2, -0.15) is 0 Å². The van der Waals surface area contributed by atoms with Gasteiger partial charge < -0.3 is 10.1 Å². The van der Waals surface area contributed by atoms with Gasteiger partial charge in [-0.05, 0) is 17.5 Å². The molecule has 1 atom stereocenters. The van der Waals surface area contributed by atoms with E-state index >= 15 is 0 Å². The molecule has 0 aliphatic heterocycles. The molecule has 3 aromatic carbocycles. The van der Waals surface area contributed by atoms with Crippen LogP contribution in [0.2, 0.25) is 0 Å². The van der Waals surface area contributed by atoms with Crippen molar-refractivity contribution in [1.82, 2.24) is 5.32 Å². The topological polar surface area (TPSA) is 72.5 Å². The fourth-order valence-electron chi connectivity index (χ4n) is 3.29. The Bertz CT molecular complexity index is 1010. The Hall–Kier alpha value is -3.73. The largest absolute Gasteiger partial charge is 0.467 e. The predicted molar refractivity (Wildman–Crippen MR) is 119 cm³/mol. The van der Waals surface area contributed by atoms with Crippen LogP contribution in [0.15, 0.2) is 84.9 Å². The molecule has 0 spiro atoms. The van der Waals surface area contributed by atoms with Crippen LogP contribution in [-0.4, -0.2) is 30.8 Å². The maximum absolute atomic E-state index is 12.5. The third kappa shape index (κ3) is 6.37. The summed E-state index contributed by atoms with van der Waals surface area (Å²) >= 11 is 0. The highest BCUT2D eigenvalue weighted by atomic mass is 16.5. The minimum atomic E-state index is -0.788. The molecule has 1 amide bonds. The van der Waals surface area contributed by atoms with Crippen LogP contribution in [0.25, 0.3) is 0 Å². The number of benzene rings is 3. The quantitative estimate of drug-likeness (QED) is 0.427. The molecule has 0 unspecified atom stereocenters. The van der Waals surface area contributed by atoms with Crippen LogP contribution in [-0.2, 0) is 27.2 Å². The SMILES string of the molecule is COC(=O)[C@@H](Cc1ccc(C(=O)c2ccccc2)cc1)NC(=O)CCc1ccccc1. The van der Waals surface area contributed by atoms with E-state index < -0.39 is 12.0 Å². The molecule has 0 radical (unpaired) electrons. The summed E-state index contributed by atoms with van der Waals surface area (Å²) in [5.41, 5.74) is 3.07. The van der Waals surface area contributed by atoms with Gasteiger partial charge in [0.1, 0.15) is 6.04 Å². The summed E-state index contributed by atoms with van der Waals surface area (Å²) in [5, 5.41) is 2.77. The van der Waals surface area contributed by atoms with Gasteiger partial charge in [0.05, 0.1) is 7.11 Å². The minimum Gasteiger partial charge on any atom is -0.467 e. The van der Waals surface area contributed by atoms with Crippen LogP contribution >= 0.6 is 0 Å². The van der Waals surface area contributed by atoms with Crippen molar-refractivity contribution in [2.24, 2.45) is 0 Å². The van der Waals surface area contributed by atoms with E-state index in [1.807, 2.05) is 48.5 Å². The number of aryl methyl sites for hydroxylation is 1. The number of nitrogens with one attached hydrogen (secondary N) is 1. The van der Waals surface area contributed by atoms with Crippen LogP contribution in [0.4, 0.5) is 0 Å². The average molecular weight is 415 g/mol. The summed E-state index contributed by atoms with van der Waals surface area (Å²) in [7, 11) is 1.30. The van der Waals surface area contributed by atoms with Gasteiger partial charge in [-0.1, -0.05) is 84.9 Å². The van der Waals surface area contributed by atoms with Crippen LogP contribution in [0.5, 0.6) is 0 Å². The van der Waals surface area contributed by atoms with Gasteiger partial charge in [-0.3, -0.25) is 9.59 Å². The second kappa shape index (κ2) is 10.9. The molecular weight excluding hydrogens is 390 g/mol. The molecule has 158 valence electrons. The van der Waals surface area contributed by atoms with E-state index in [0.717, 1.165) is 11.1 Å². The number of carbonyl (C=O) groups excluding carboxylic acids is 3. The fourth-order valence-corrected chi connectivity index (χ4v) is 3.29. The molecular formula is C26H25NO4. The van der Waals surface area contributed by atoms with E-state index in [9.17, 15) is 14.4 Å². The van der Waals surface area contributed by atoms with Gasteiger partial charge in [-0.25, -0.2) is 4.79 Å². The number of methoxy groups -OCH3 is 1. The lowest BCUT2D eigenvalue weighted by Gasteiger charge is -2.17. The summed E-state index contributed by atoms with van der Waals surface area (Å²) in [6.07, 6.45) is 1.16. The lowest BCUT2D eigenvalue weighted by molar-refractivity contribution is -0.145. The Balaban J connectivity index is 1.61. The second-order valence-corrected chi connectivity index (χ2v) is 7.23. The van der Waals surface area contributed by atoms with Gasteiger partial charge in [0, 0.05) is 24.0 Å². The Kier molecular flexibility index (Phi) is 7.71. The Morgan fingerprint density at radius 1 is 0.774 bits per heavy atom. The number of hydrogen-bond donors (Lipinski definition) is 1. The molecule has 0 saturated carbocycles. The van der Waals surface area contributed by atoms with Crippen molar-refractivity contribution in [3.05, 3.63) is 107 Å². The third-order valence-electron chi connectivity index (χ3n) is 5.00. The normalized spacial score (nSPS) is 11.4. The summed E-state index contributed by atoms with van der Waals surface area (Å²) in [4.78, 5) is 37.1. The van der Waals surface area contributed by atoms with Gasteiger partial charge in [0.2, 0.25) is 5.91 Å². The van der Waals surface area contributed by atoms with Crippen LogP contribution in [0.3, 0.4) is 0 Å². The molecule has 3 rings (SSSR count). The first kappa shape index (κ1) is 22.0. The average Bonchev–Trinajstić information content (AvgIpc) is 2.83. The van der Waals surface area contributed by atoms with Crippen molar-refractivity contribution in [3.8, 4) is 0 Å². The third-order valence-corrected chi connectivity index (χ3v) is 5.00. The van der Waals surface area contributed by atoms with Gasteiger partial charge >= 0.3 is 5.97 Å². The molecule has 31 heavy (non-hydrogen) atoms. The zero-order valence-corrected chi connectivity index (χ0v) is 17.4. The molecule has 0 aliphatic rings. The van der Waals surface area contributed by atoms with E-state index in [2.05, 4.69) is 5.32 Å². The number of rotatable bonds is 9. The van der Waals surface area contributed by atoms with E-state index in [4.69, 9.17) is 4.74 Å². The van der Waals surface area contributed by atoms with Crippen molar-refractivity contribution in [2.75, 3.05) is 7.11 Å². The number of ether oxygens (including phenoxy) is 1. The van der Waals surface area contributed by atoms with Crippen LogP contribution in [0, 0.1) is 0 Å². The standard InChI is InChI=1S/C26H25NO4/c1-31-26(30)23(27-24(28)17-14-19-8-4-2-5-9-19)18-20-12-15-22(16-13-20)25(29)21-10-6-3-7-11-21/h2-13,15-16,23H,14,17-18H2,1H3,(H,27,28)/t23-/m1/s1. The number of hydrogen-bond acceptors (Lipinski definition) is 4. The van der Waals surface area contributed by atoms with Crippen molar-refractivity contribution < 1.29 is 19.1 Å². The molecule has 3 aromatic rings. The van der Waals surface area contributed by atoms with Gasteiger partial charge in [0.25, 0.3) is 0 Å². The number of esters is 1. The minimum absolute atomic E-state index is 0.0640. The highest BCUT2D eigenvalue weighted by molar-refractivity contribution is 6.08. The van der Waals surface area contributed by atoms with E-state index in [1.165, 1.54) is 7.11 Å². The maximum Gasteiger partial charge on any atom is 0.328 e. The van der Waals surface area contributed by atoms with E-state index in [1.54, 1.807) is 36.4 Å². The van der Waals surface area contributed by atoms with Crippen molar-refractivity contribution in [1.29, 1.82) is 0 Å². The molecule has 0 aromatic heterocycles. The summed E-state index contributed by atoms with van der Waals surface area (Å²) in [5.74, 6) is -0.779. The zero-order valence-electron chi connectivity index (χ0n) is 17.4. The van der Waals surface area contributed by atoms with Crippen molar-refractivity contribution in [3.63, 3.8) is 0 Å². The molecule has 5 nitrogen and oxygen atoms in total. The molecule has 0 bridgehead atoms. The summed E-state index contributed by atoms with van der Waals surface area (Å²) < 4.78 is 4.86. The Morgan fingerprint density at radius 2 is 1.35 bits per heavy atom. The molecule has 5 heteroatoms. The van der Waals surface area contributed by atoms with E-state index in [0.29, 0.717) is 17.5 Å². The molecule has 0 heterocycles. The molecule has 0 aliphatic carbocycles. The highest BCUT2D eigenvalue weighted by Crippen LogP contribution is 2.13. The molecule has 0 fully saturated rings. The Morgan fingerprint density at radius 3 is 1.97 bits per heavy atom. The zero-order chi connectivity index (χ0) is 22.1. The lowest BCUT2D eigenvalue weighted by atomic mass is 9.99. The van der Waals surface area contributed by atoms with Gasteiger partial charge in [0.15, 0.2) is 5.78 Å². The highest BCUT2D eigenvalue weighted by Gasteiger charge is 2.22. The number of carbonyl (C=O) groups is 3. The fraction of sp³-hybridized carbons (Fsp3) is 0.192. The van der Waals surface area contributed by atoms with Crippen LogP contribution < -0.4 is 5.32 Å². The molecule has 1 N–H and O–H groups in total. The lowest BCUT2D eigenvalue weighted by Crippen LogP contribution is -2.43. The smallest absolute Gasteiger partial charge is 0.328 e.